The molecule has 1 aromatic rings. The zero-order chi connectivity index (χ0) is 12.1. The molecule has 0 heterocycles. The summed E-state index contributed by atoms with van der Waals surface area (Å²) in [7, 11) is 0. The van der Waals surface area contributed by atoms with Gasteiger partial charge in [-0.1, -0.05) is 6.92 Å². The van der Waals surface area contributed by atoms with Crippen molar-refractivity contribution in [3.8, 4) is 5.75 Å². The summed E-state index contributed by atoms with van der Waals surface area (Å²) < 4.78 is 17.6. The van der Waals surface area contributed by atoms with Gasteiger partial charge in [-0.15, -0.1) is 0 Å². The molecule has 16 heavy (non-hydrogen) atoms. The van der Waals surface area contributed by atoms with Crippen LogP contribution in [0.15, 0.2) is 18.2 Å². The largest absolute Gasteiger partial charge is 0.478 e. The van der Waals surface area contributed by atoms with Crippen LogP contribution in [0.5, 0.6) is 5.75 Å². The van der Waals surface area contributed by atoms with Crippen LogP contribution in [-0.2, 0) is 4.79 Å². The summed E-state index contributed by atoms with van der Waals surface area (Å²) in [6.07, 6.45) is 0.791. The Morgan fingerprint density at radius 1 is 1.44 bits per heavy atom. The molecule has 0 spiro atoms. The van der Waals surface area contributed by atoms with Gasteiger partial charge in [0.05, 0.1) is 0 Å². The Labute approximate surface area is 91.7 Å². The van der Waals surface area contributed by atoms with Crippen LogP contribution in [0.2, 0.25) is 0 Å². The molecule has 4 nitrogen and oxygen atoms in total. The number of benzene rings is 1. The van der Waals surface area contributed by atoms with Crippen LogP contribution in [0.4, 0.5) is 4.39 Å². The molecular formula is C11H11FO4. The van der Waals surface area contributed by atoms with E-state index in [9.17, 15) is 14.0 Å². The van der Waals surface area contributed by atoms with Crippen LogP contribution in [0, 0.1) is 5.82 Å². The summed E-state index contributed by atoms with van der Waals surface area (Å²) in [5, 5.41) is 8.77. The van der Waals surface area contributed by atoms with Crippen molar-refractivity contribution >= 4 is 11.9 Å². The first-order chi connectivity index (χ1) is 7.54. The summed E-state index contributed by atoms with van der Waals surface area (Å²) in [5.74, 6) is -2.68. The lowest BCUT2D eigenvalue weighted by molar-refractivity contribution is -0.134. The van der Waals surface area contributed by atoms with E-state index in [1.54, 1.807) is 6.92 Å². The molecule has 0 radical (unpaired) electrons. The molecule has 0 saturated heterocycles. The average molecular weight is 226 g/mol. The molecule has 0 aliphatic carbocycles. The Morgan fingerprint density at radius 2 is 2.12 bits per heavy atom. The fraction of sp³-hybridized carbons (Fsp3) is 0.273. The van der Waals surface area contributed by atoms with Crippen molar-refractivity contribution in [1.82, 2.24) is 0 Å². The van der Waals surface area contributed by atoms with Crippen LogP contribution in [-0.4, -0.2) is 17.0 Å². The third-order valence-corrected chi connectivity index (χ3v) is 1.85. The third kappa shape index (κ3) is 3.05. The number of halogens is 1. The van der Waals surface area contributed by atoms with Gasteiger partial charge in [-0.25, -0.2) is 9.18 Å². The number of carboxylic acids is 1. The van der Waals surface area contributed by atoms with E-state index in [4.69, 9.17) is 9.84 Å². The normalized spacial score (nSPS) is 9.88. The fourth-order valence-electron chi connectivity index (χ4n) is 1.14. The van der Waals surface area contributed by atoms with Gasteiger partial charge in [0.25, 0.3) is 0 Å². The molecule has 0 amide bonds. The molecule has 0 aliphatic heterocycles. The highest BCUT2D eigenvalue weighted by Crippen LogP contribution is 2.20. The van der Waals surface area contributed by atoms with E-state index < -0.39 is 17.8 Å². The average Bonchev–Trinajstić information content (AvgIpc) is 2.20. The smallest absolute Gasteiger partial charge is 0.339 e. The monoisotopic (exact) mass is 226 g/mol. The predicted molar refractivity (Wildman–Crippen MR) is 53.9 cm³/mol. The second kappa shape index (κ2) is 5.25. The van der Waals surface area contributed by atoms with Crippen molar-refractivity contribution in [2.24, 2.45) is 0 Å². The van der Waals surface area contributed by atoms with Gasteiger partial charge in [-0.05, 0) is 24.6 Å². The van der Waals surface area contributed by atoms with Gasteiger partial charge in [0.1, 0.15) is 17.1 Å². The Hall–Kier alpha value is -1.91. The van der Waals surface area contributed by atoms with E-state index >= 15 is 0 Å². The van der Waals surface area contributed by atoms with Crippen LogP contribution >= 0.6 is 0 Å². The van der Waals surface area contributed by atoms with Crippen LogP contribution in [0.25, 0.3) is 0 Å². The molecule has 0 atom stereocenters. The fourth-order valence-corrected chi connectivity index (χ4v) is 1.14. The van der Waals surface area contributed by atoms with Crippen molar-refractivity contribution in [3.63, 3.8) is 0 Å². The standard InChI is InChI=1S/C11H11FO4/c1-2-3-10(13)16-9-5-4-7(12)6-8(9)11(14)15/h4-6H,2-3H2,1H3,(H,14,15). The van der Waals surface area contributed by atoms with E-state index in [0.29, 0.717) is 6.42 Å². The molecule has 0 unspecified atom stereocenters. The Bertz CT molecular complexity index is 414. The van der Waals surface area contributed by atoms with Gasteiger partial charge in [-0.3, -0.25) is 4.79 Å². The zero-order valence-corrected chi connectivity index (χ0v) is 8.70. The van der Waals surface area contributed by atoms with E-state index in [-0.39, 0.29) is 17.7 Å². The van der Waals surface area contributed by atoms with E-state index in [1.165, 1.54) is 0 Å². The first kappa shape index (κ1) is 12.2. The lowest BCUT2D eigenvalue weighted by Gasteiger charge is -2.06. The van der Waals surface area contributed by atoms with Crippen LogP contribution in [0.1, 0.15) is 30.1 Å². The topological polar surface area (TPSA) is 63.6 Å². The van der Waals surface area contributed by atoms with Crippen molar-refractivity contribution in [2.45, 2.75) is 19.8 Å². The molecule has 0 fully saturated rings. The maximum Gasteiger partial charge on any atom is 0.339 e. The van der Waals surface area contributed by atoms with Crippen molar-refractivity contribution in [1.29, 1.82) is 0 Å². The lowest BCUT2D eigenvalue weighted by atomic mass is 10.2. The number of carbonyl (C=O) groups excluding carboxylic acids is 1. The van der Waals surface area contributed by atoms with Gasteiger partial charge in [0, 0.05) is 6.42 Å². The number of carboxylic acid groups (broad SMARTS) is 1. The number of esters is 1. The molecule has 1 rings (SSSR count). The lowest BCUT2D eigenvalue weighted by Crippen LogP contribution is -2.10. The first-order valence-corrected chi connectivity index (χ1v) is 4.78. The molecule has 5 heteroatoms. The molecule has 0 aliphatic rings. The molecule has 1 aromatic carbocycles. The Balaban J connectivity index is 2.95. The second-order valence-corrected chi connectivity index (χ2v) is 3.17. The number of carbonyl (C=O) groups is 2. The van der Waals surface area contributed by atoms with Crippen molar-refractivity contribution in [2.75, 3.05) is 0 Å². The van der Waals surface area contributed by atoms with E-state index in [0.717, 1.165) is 18.2 Å². The van der Waals surface area contributed by atoms with Gasteiger partial charge >= 0.3 is 11.9 Å². The van der Waals surface area contributed by atoms with Crippen molar-refractivity contribution < 1.29 is 23.8 Å². The Morgan fingerprint density at radius 3 is 2.69 bits per heavy atom. The minimum absolute atomic E-state index is 0.132. The summed E-state index contributed by atoms with van der Waals surface area (Å²) in [5.41, 5.74) is -0.357. The number of aromatic carboxylic acids is 1. The predicted octanol–water partition coefficient (Wildman–Crippen LogP) is 2.23. The molecular weight excluding hydrogens is 215 g/mol. The van der Waals surface area contributed by atoms with E-state index in [2.05, 4.69) is 0 Å². The van der Waals surface area contributed by atoms with Crippen molar-refractivity contribution in [3.05, 3.63) is 29.6 Å². The molecule has 86 valence electrons. The molecule has 0 aromatic heterocycles. The minimum Gasteiger partial charge on any atom is -0.478 e. The van der Waals surface area contributed by atoms with Crippen LogP contribution in [0.3, 0.4) is 0 Å². The summed E-state index contributed by atoms with van der Waals surface area (Å²) in [6.45, 7) is 1.80. The van der Waals surface area contributed by atoms with Gasteiger partial charge in [0.2, 0.25) is 0 Å². The summed E-state index contributed by atoms with van der Waals surface area (Å²) >= 11 is 0. The zero-order valence-electron chi connectivity index (χ0n) is 8.70. The van der Waals surface area contributed by atoms with Gasteiger partial charge in [0.15, 0.2) is 0 Å². The quantitative estimate of drug-likeness (QED) is 0.631. The number of hydrogen-bond acceptors (Lipinski definition) is 3. The third-order valence-electron chi connectivity index (χ3n) is 1.85. The highest BCUT2D eigenvalue weighted by molar-refractivity contribution is 5.92. The number of hydrogen-bond donors (Lipinski definition) is 1. The maximum absolute atomic E-state index is 12.8. The van der Waals surface area contributed by atoms with Gasteiger partial charge in [-0.2, -0.15) is 0 Å². The van der Waals surface area contributed by atoms with E-state index in [1.807, 2.05) is 0 Å². The minimum atomic E-state index is -1.33. The summed E-state index contributed by atoms with van der Waals surface area (Å²) in [4.78, 5) is 21.9. The maximum atomic E-state index is 12.8. The summed E-state index contributed by atoms with van der Waals surface area (Å²) in [6, 6.07) is 2.99. The highest BCUT2D eigenvalue weighted by Gasteiger charge is 2.15. The van der Waals surface area contributed by atoms with Crippen LogP contribution < -0.4 is 4.74 Å². The highest BCUT2D eigenvalue weighted by atomic mass is 19.1. The molecule has 0 bridgehead atoms. The van der Waals surface area contributed by atoms with Gasteiger partial charge < -0.3 is 9.84 Å². The molecule has 0 saturated carbocycles. The second-order valence-electron chi connectivity index (χ2n) is 3.17. The number of ether oxygens (including phenoxy) is 1. The molecule has 1 N–H and O–H groups in total. The SMILES string of the molecule is CCCC(=O)Oc1ccc(F)cc1C(=O)O. The first-order valence-electron chi connectivity index (χ1n) is 4.78. The number of rotatable bonds is 4. The Kier molecular flexibility index (Phi) is 3.99.